The lowest BCUT2D eigenvalue weighted by Gasteiger charge is -2.20. The SMILES string of the molecule is CCCCC(=O)NC(c1cccs1)c1cc([N+](=O)[O-])c2cccnc2c1O. The Kier molecular flexibility index (Phi) is 5.66. The largest absolute Gasteiger partial charge is 0.505 e. The van der Waals surface area contributed by atoms with E-state index in [1.54, 1.807) is 12.1 Å². The summed E-state index contributed by atoms with van der Waals surface area (Å²) in [5.74, 6) is -0.330. The minimum atomic E-state index is -0.681. The van der Waals surface area contributed by atoms with Crippen LogP contribution in [0.2, 0.25) is 0 Å². The number of non-ortho nitro benzene ring substituents is 1. The highest BCUT2D eigenvalue weighted by Crippen LogP contribution is 2.40. The van der Waals surface area contributed by atoms with Crippen LogP contribution in [0, 0.1) is 10.1 Å². The van der Waals surface area contributed by atoms with E-state index in [1.165, 1.54) is 23.6 Å². The van der Waals surface area contributed by atoms with Crippen LogP contribution in [-0.4, -0.2) is 20.9 Å². The van der Waals surface area contributed by atoms with E-state index in [-0.39, 0.29) is 33.8 Å². The Balaban J connectivity index is 2.14. The van der Waals surface area contributed by atoms with Gasteiger partial charge >= 0.3 is 0 Å². The van der Waals surface area contributed by atoms with Crippen molar-refractivity contribution in [3.05, 3.63) is 62.5 Å². The van der Waals surface area contributed by atoms with E-state index in [1.807, 2.05) is 24.4 Å². The number of carbonyl (C=O) groups excluding carboxylic acids is 1. The zero-order valence-corrected chi connectivity index (χ0v) is 15.5. The molecule has 0 bridgehead atoms. The number of aromatic hydroxyl groups is 1. The summed E-state index contributed by atoms with van der Waals surface area (Å²) >= 11 is 1.40. The zero-order chi connectivity index (χ0) is 19.4. The average Bonchev–Trinajstić information content (AvgIpc) is 3.19. The standard InChI is InChI=1S/C19H19N3O4S/c1-2-3-8-16(23)21-17(15-7-5-10-27-15)13-11-14(22(25)26)12-6-4-9-20-18(12)19(13)24/h4-7,9-11,17,24H,2-3,8H2,1H3,(H,21,23). The highest BCUT2D eigenvalue weighted by Gasteiger charge is 2.27. The second-order valence-corrected chi connectivity index (χ2v) is 7.09. The van der Waals surface area contributed by atoms with Gasteiger partial charge in [-0.05, 0) is 30.0 Å². The van der Waals surface area contributed by atoms with Gasteiger partial charge in [-0.1, -0.05) is 19.4 Å². The number of nitro benzene ring substituents is 1. The summed E-state index contributed by atoms with van der Waals surface area (Å²) in [5, 5.41) is 27.4. The maximum Gasteiger partial charge on any atom is 0.279 e. The molecule has 0 aliphatic heterocycles. The van der Waals surface area contributed by atoms with Crippen molar-refractivity contribution in [3.63, 3.8) is 0 Å². The number of phenolic OH excluding ortho intramolecular Hbond substituents is 1. The van der Waals surface area contributed by atoms with E-state index in [4.69, 9.17) is 0 Å². The third-order valence-corrected chi connectivity index (χ3v) is 5.21. The molecular weight excluding hydrogens is 366 g/mol. The molecule has 140 valence electrons. The van der Waals surface area contributed by atoms with Gasteiger partial charge in [-0.25, -0.2) is 0 Å². The second kappa shape index (κ2) is 8.13. The molecule has 1 unspecified atom stereocenters. The number of hydrogen-bond acceptors (Lipinski definition) is 6. The topological polar surface area (TPSA) is 105 Å². The maximum absolute atomic E-state index is 12.3. The first kappa shape index (κ1) is 18.8. The predicted octanol–water partition coefficient (Wildman–Crippen LogP) is 4.31. The smallest absolute Gasteiger partial charge is 0.279 e. The number of benzene rings is 1. The number of hydrogen-bond donors (Lipinski definition) is 2. The molecule has 3 rings (SSSR count). The van der Waals surface area contributed by atoms with Crippen molar-refractivity contribution >= 4 is 33.8 Å². The van der Waals surface area contributed by atoms with Crippen molar-refractivity contribution in [1.82, 2.24) is 10.3 Å². The van der Waals surface area contributed by atoms with Crippen LogP contribution < -0.4 is 5.32 Å². The lowest BCUT2D eigenvalue weighted by atomic mass is 9.99. The highest BCUT2D eigenvalue weighted by molar-refractivity contribution is 7.10. The molecule has 3 aromatic rings. The number of nitro groups is 1. The highest BCUT2D eigenvalue weighted by atomic mass is 32.1. The third kappa shape index (κ3) is 3.90. The number of unbranched alkanes of at least 4 members (excludes halogenated alkanes) is 1. The van der Waals surface area contributed by atoms with Gasteiger partial charge in [-0.3, -0.25) is 19.9 Å². The molecule has 0 saturated heterocycles. The number of pyridine rings is 1. The molecule has 0 fully saturated rings. The summed E-state index contributed by atoms with van der Waals surface area (Å²) in [6, 6.07) is 7.42. The molecule has 2 heterocycles. The molecule has 1 aromatic carbocycles. The number of thiophene rings is 1. The molecule has 2 N–H and O–H groups in total. The minimum absolute atomic E-state index is 0.145. The first-order valence-corrected chi connectivity index (χ1v) is 9.48. The number of amides is 1. The van der Waals surface area contributed by atoms with E-state index in [2.05, 4.69) is 10.3 Å². The molecule has 27 heavy (non-hydrogen) atoms. The number of nitrogens with one attached hydrogen (secondary N) is 1. The molecule has 0 aliphatic rings. The number of nitrogens with zero attached hydrogens (tertiary/aromatic N) is 2. The van der Waals surface area contributed by atoms with Gasteiger partial charge < -0.3 is 10.4 Å². The molecule has 2 aromatic heterocycles. The van der Waals surface area contributed by atoms with E-state index >= 15 is 0 Å². The van der Waals surface area contributed by atoms with Crippen molar-refractivity contribution < 1.29 is 14.8 Å². The Morgan fingerprint density at radius 2 is 2.22 bits per heavy atom. The zero-order valence-electron chi connectivity index (χ0n) is 14.7. The van der Waals surface area contributed by atoms with Crippen LogP contribution in [-0.2, 0) is 4.79 Å². The normalized spacial score (nSPS) is 12.0. The molecule has 1 atom stereocenters. The lowest BCUT2D eigenvalue weighted by Crippen LogP contribution is -2.28. The monoisotopic (exact) mass is 385 g/mol. The number of phenols is 1. The van der Waals surface area contributed by atoms with Gasteiger partial charge in [0.2, 0.25) is 5.91 Å². The van der Waals surface area contributed by atoms with Crippen molar-refractivity contribution in [3.8, 4) is 5.75 Å². The van der Waals surface area contributed by atoms with Gasteiger partial charge in [-0.15, -0.1) is 11.3 Å². The Hall–Kier alpha value is -3.00. The molecular formula is C19H19N3O4S. The van der Waals surface area contributed by atoms with Gasteiger partial charge in [-0.2, -0.15) is 0 Å². The van der Waals surface area contributed by atoms with Crippen LogP contribution in [0.1, 0.15) is 42.7 Å². The van der Waals surface area contributed by atoms with Gasteiger partial charge in [0.15, 0.2) is 0 Å². The van der Waals surface area contributed by atoms with Crippen LogP contribution in [0.5, 0.6) is 5.75 Å². The van der Waals surface area contributed by atoms with Crippen molar-refractivity contribution in [2.45, 2.75) is 32.2 Å². The maximum atomic E-state index is 12.3. The van der Waals surface area contributed by atoms with Gasteiger partial charge in [0.25, 0.3) is 5.69 Å². The number of aromatic nitrogens is 1. The molecule has 0 aliphatic carbocycles. The lowest BCUT2D eigenvalue weighted by molar-refractivity contribution is -0.383. The summed E-state index contributed by atoms with van der Waals surface area (Å²) < 4.78 is 0. The fourth-order valence-electron chi connectivity index (χ4n) is 2.93. The van der Waals surface area contributed by atoms with Crippen molar-refractivity contribution in [2.75, 3.05) is 0 Å². The number of fused-ring (bicyclic) bond motifs is 1. The number of rotatable bonds is 7. The number of carbonyl (C=O) groups is 1. The van der Waals surface area contributed by atoms with Gasteiger partial charge in [0.05, 0.1) is 16.4 Å². The van der Waals surface area contributed by atoms with E-state index in [9.17, 15) is 20.0 Å². The van der Waals surface area contributed by atoms with E-state index < -0.39 is 11.0 Å². The Morgan fingerprint density at radius 1 is 1.41 bits per heavy atom. The van der Waals surface area contributed by atoms with Crippen molar-refractivity contribution in [1.29, 1.82) is 0 Å². The van der Waals surface area contributed by atoms with Crippen LogP contribution in [0.3, 0.4) is 0 Å². The van der Waals surface area contributed by atoms with E-state index in [0.717, 1.165) is 17.7 Å². The first-order chi connectivity index (χ1) is 13.0. The molecule has 8 heteroatoms. The summed E-state index contributed by atoms with van der Waals surface area (Å²) in [6.07, 6.45) is 3.45. The fourth-order valence-corrected chi connectivity index (χ4v) is 3.72. The molecule has 0 saturated carbocycles. The Bertz CT molecular complexity index is 973. The Labute approximate surface area is 159 Å². The van der Waals surface area contributed by atoms with Crippen LogP contribution in [0.4, 0.5) is 5.69 Å². The van der Waals surface area contributed by atoms with Crippen molar-refractivity contribution in [2.24, 2.45) is 0 Å². The molecule has 7 nitrogen and oxygen atoms in total. The fraction of sp³-hybridized carbons (Fsp3) is 0.263. The second-order valence-electron chi connectivity index (χ2n) is 6.11. The molecule has 0 spiro atoms. The predicted molar refractivity (Wildman–Crippen MR) is 104 cm³/mol. The Morgan fingerprint density at radius 3 is 2.89 bits per heavy atom. The van der Waals surface area contributed by atoms with E-state index in [0.29, 0.717) is 6.42 Å². The quantitative estimate of drug-likeness (QED) is 0.466. The molecule has 1 amide bonds. The minimum Gasteiger partial charge on any atom is -0.505 e. The summed E-state index contributed by atoms with van der Waals surface area (Å²) in [6.45, 7) is 1.99. The first-order valence-electron chi connectivity index (χ1n) is 8.60. The van der Waals surface area contributed by atoms with Crippen LogP contribution in [0.25, 0.3) is 10.9 Å². The average molecular weight is 385 g/mol. The van der Waals surface area contributed by atoms with Gasteiger partial charge in [0.1, 0.15) is 11.3 Å². The summed E-state index contributed by atoms with van der Waals surface area (Å²) in [7, 11) is 0. The third-order valence-electron chi connectivity index (χ3n) is 4.27. The summed E-state index contributed by atoms with van der Waals surface area (Å²) in [5.41, 5.74) is 0.251. The van der Waals surface area contributed by atoms with Gasteiger partial charge in [0, 0.05) is 29.1 Å². The molecule has 0 radical (unpaired) electrons. The summed E-state index contributed by atoms with van der Waals surface area (Å²) in [4.78, 5) is 28.3. The van der Waals surface area contributed by atoms with Crippen LogP contribution in [0.15, 0.2) is 41.9 Å². The van der Waals surface area contributed by atoms with Crippen LogP contribution >= 0.6 is 11.3 Å².